The van der Waals surface area contributed by atoms with E-state index in [0.717, 1.165) is 5.56 Å². The highest BCUT2D eigenvalue weighted by atomic mass is 35.6. The van der Waals surface area contributed by atoms with Crippen molar-refractivity contribution in [2.24, 2.45) is 0 Å². The molecule has 4 rings (SSSR count). The van der Waals surface area contributed by atoms with Gasteiger partial charge in [-0.05, 0) is 47.9 Å². The Balaban J connectivity index is 1.48. The molecule has 1 atom stereocenters. The Morgan fingerprint density at radius 2 is 1.72 bits per heavy atom. The molecule has 1 aliphatic heterocycles. The predicted octanol–water partition coefficient (Wildman–Crippen LogP) is 6.64. The van der Waals surface area contributed by atoms with Gasteiger partial charge in [-0.3, -0.25) is 14.5 Å². The SMILES string of the molecule is COc1cc(/C=C2\SC(=S)N(CCc3ccccc3)C2=O)ccc1OC(NC(=O)c1ccccc1)C(Cl)(Cl)Cl. The van der Waals surface area contributed by atoms with Crippen molar-refractivity contribution in [3.63, 3.8) is 0 Å². The molecule has 1 aliphatic rings. The Labute approximate surface area is 251 Å². The van der Waals surface area contributed by atoms with Crippen LogP contribution in [0.25, 0.3) is 6.08 Å². The summed E-state index contributed by atoms with van der Waals surface area (Å²) in [6.07, 6.45) is 1.11. The average Bonchev–Trinajstić information content (AvgIpc) is 3.19. The Kier molecular flexibility index (Phi) is 9.80. The molecule has 1 unspecified atom stereocenters. The van der Waals surface area contributed by atoms with E-state index in [1.807, 2.05) is 30.3 Å². The van der Waals surface area contributed by atoms with Gasteiger partial charge >= 0.3 is 0 Å². The fourth-order valence-electron chi connectivity index (χ4n) is 3.70. The second kappa shape index (κ2) is 13.1. The van der Waals surface area contributed by atoms with Crippen molar-refractivity contribution in [2.45, 2.75) is 16.4 Å². The molecule has 0 radical (unpaired) electrons. The number of thioether (sulfide) groups is 1. The van der Waals surface area contributed by atoms with Gasteiger partial charge in [0.25, 0.3) is 11.8 Å². The standard InChI is InChI=1S/C28H23Cl3N2O4S2/c1-36-22-16-19(17-23-25(35)33(27(38)39-23)15-14-18-8-4-2-5-9-18)12-13-21(22)37-26(28(29,30)31)32-24(34)20-10-6-3-7-11-20/h2-13,16-17,26H,14-15H2,1H3,(H,32,34)/b23-17-. The molecule has 202 valence electrons. The van der Waals surface area contributed by atoms with E-state index in [9.17, 15) is 9.59 Å². The Morgan fingerprint density at radius 1 is 1.05 bits per heavy atom. The minimum absolute atomic E-state index is 0.153. The quantitative estimate of drug-likeness (QED) is 0.125. The second-order valence-electron chi connectivity index (χ2n) is 8.36. The van der Waals surface area contributed by atoms with Crippen LogP contribution in [0.2, 0.25) is 0 Å². The molecule has 0 aliphatic carbocycles. The predicted molar refractivity (Wildman–Crippen MR) is 162 cm³/mol. The maximum atomic E-state index is 13.0. The van der Waals surface area contributed by atoms with Crippen molar-refractivity contribution < 1.29 is 19.1 Å². The van der Waals surface area contributed by atoms with Gasteiger partial charge in [0.2, 0.25) is 10.0 Å². The van der Waals surface area contributed by atoms with E-state index >= 15 is 0 Å². The van der Waals surface area contributed by atoms with Crippen molar-refractivity contribution in [3.8, 4) is 11.5 Å². The van der Waals surface area contributed by atoms with Gasteiger partial charge in [0.15, 0.2) is 11.5 Å². The van der Waals surface area contributed by atoms with Crippen molar-refractivity contribution in [3.05, 3.63) is 100 Å². The van der Waals surface area contributed by atoms with E-state index < -0.39 is 15.9 Å². The highest BCUT2D eigenvalue weighted by Gasteiger charge is 2.37. The number of hydrogen-bond donors (Lipinski definition) is 1. The minimum Gasteiger partial charge on any atom is -0.493 e. The number of rotatable bonds is 9. The van der Waals surface area contributed by atoms with Gasteiger partial charge in [0.1, 0.15) is 4.32 Å². The van der Waals surface area contributed by atoms with Gasteiger partial charge < -0.3 is 14.8 Å². The lowest BCUT2D eigenvalue weighted by atomic mass is 10.1. The third-order valence-electron chi connectivity index (χ3n) is 5.67. The number of benzene rings is 3. The molecule has 1 fully saturated rings. The molecule has 11 heteroatoms. The van der Waals surface area contributed by atoms with Crippen LogP contribution in [-0.2, 0) is 11.2 Å². The van der Waals surface area contributed by atoms with Crippen LogP contribution in [0.1, 0.15) is 21.5 Å². The van der Waals surface area contributed by atoms with E-state index in [1.54, 1.807) is 59.5 Å². The largest absolute Gasteiger partial charge is 0.493 e. The summed E-state index contributed by atoms with van der Waals surface area (Å²) in [7, 11) is 1.46. The number of carbonyl (C=O) groups is 2. The molecule has 2 amide bonds. The van der Waals surface area contributed by atoms with E-state index in [4.69, 9.17) is 56.5 Å². The van der Waals surface area contributed by atoms with E-state index in [1.165, 1.54) is 18.9 Å². The number of nitrogens with one attached hydrogen (secondary N) is 1. The third-order valence-corrected chi connectivity index (χ3v) is 7.64. The first-order valence-corrected chi connectivity index (χ1v) is 14.1. The Morgan fingerprint density at radius 3 is 2.36 bits per heavy atom. The monoisotopic (exact) mass is 620 g/mol. The normalized spacial score (nSPS) is 15.4. The molecular weight excluding hydrogens is 599 g/mol. The van der Waals surface area contributed by atoms with Gasteiger partial charge in [-0.1, -0.05) is 113 Å². The number of methoxy groups -OCH3 is 1. The van der Waals surface area contributed by atoms with Crippen LogP contribution in [-0.4, -0.2) is 44.7 Å². The zero-order valence-corrected chi connectivity index (χ0v) is 24.5. The van der Waals surface area contributed by atoms with Crippen LogP contribution in [0.5, 0.6) is 11.5 Å². The first-order valence-electron chi connectivity index (χ1n) is 11.7. The second-order valence-corrected chi connectivity index (χ2v) is 12.4. The first-order chi connectivity index (χ1) is 18.7. The molecule has 6 nitrogen and oxygen atoms in total. The number of halogens is 3. The molecule has 3 aromatic rings. The molecule has 0 bridgehead atoms. The highest BCUT2D eigenvalue weighted by molar-refractivity contribution is 8.26. The molecule has 39 heavy (non-hydrogen) atoms. The number of carbonyl (C=O) groups excluding carboxylic acids is 2. The third kappa shape index (κ3) is 7.68. The van der Waals surface area contributed by atoms with Gasteiger partial charge in [-0.15, -0.1) is 0 Å². The number of ether oxygens (including phenoxy) is 2. The van der Waals surface area contributed by atoms with Gasteiger partial charge in [0.05, 0.1) is 12.0 Å². The zero-order chi connectivity index (χ0) is 28.0. The van der Waals surface area contributed by atoms with Gasteiger partial charge in [-0.2, -0.15) is 0 Å². The van der Waals surface area contributed by atoms with E-state index in [0.29, 0.717) is 39.1 Å². The molecule has 1 saturated heterocycles. The van der Waals surface area contributed by atoms with Gasteiger partial charge in [-0.25, -0.2) is 0 Å². The molecule has 1 N–H and O–H groups in total. The number of nitrogens with zero attached hydrogens (tertiary/aromatic N) is 1. The minimum atomic E-state index is -1.98. The zero-order valence-electron chi connectivity index (χ0n) is 20.6. The highest BCUT2D eigenvalue weighted by Crippen LogP contribution is 2.37. The summed E-state index contributed by atoms with van der Waals surface area (Å²) >= 11 is 25.0. The number of amides is 2. The summed E-state index contributed by atoms with van der Waals surface area (Å²) < 4.78 is 9.88. The lowest BCUT2D eigenvalue weighted by molar-refractivity contribution is -0.122. The lowest BCUT2D eigenvalue weighted by Gasteiger charge is -2.27. The summed E-state index contributed by atoms with van der Waals surface area (Å²) in [6, 6.07) is 23.4. The van der Waals surface area contributed by atoms with Crippen molar-refractivity contribution >= 4 is 81.0 Å². The summed E-state index contributed by atoms with van der Waals surface area (Å²) in [6.45, 7) is 0.495. The topological polar surface area (TPSA) is 67.9 Å². The van der Waals surface area contributed by atoms with Crippen molar-refractivity contribution in [1.29, 1.82) is 0 Å². The van der Waals surface area contributed by atoms with Crippen LogP contribution < -0.4 is 14.8 Å². The van der Waals surface area contributed by atoms with Crippen molar-refractivity contribution in [2.75, 3.05) is 13.7 Å². The first kappa shape index (κ1) is 29.2. The van der Waals surface area contributed by atoms with Crippen molar-refractivity contribution in [1.82, 2.24) is 10.2 Å². The number of hydrogen-bond acceptors (Lipinski definition) is 6. The van der Waals surface area contributed by atoms with Crippen LogP contribution in [0.4, 0.5) is 0 Å². The fourth-order valence-corrected chi connectivity index (χ4v) is 5.30. The summed E-state index contributed by atoms with van der Waals surface area (Å²) in [4.78, 5) is 27.8. The molecule has 3 aromatic carbocycles. The molecule has 1 heterocycles. The molecule has 0 aromatic heterocycles. The summed E-state index contributed by atoms with van der Waals surface area (Å²) in [5.41, 5.74) is 2.19. The molecule has 0 spiro atoms. The maximum Gasteiger partial charge on any atom is 0.266 e. The number of thiocarbonyl (C=S) groups is 1. The van der Waals surface area contributed by atoms with Crippen LogP contribution >= 0.6 is 58.8 Å². The van der Waals surface area contributed by atoms with E-state index in [-0.39, 0.29) is 11.7 Å². The van der Waals surface area contributed by atoms with Crippen LogP contribution in [0.3, 0.4) is 0 Å². The van der Waals surface area contributed by atoms with Crippen LogP contribution in [0, 0.1) is 0 Å². The van der Waals surface area contributed by atoms with Crippen LogP contribution in [0.15, 0.2) is 83.8 Å². The average molecular weight is 622 g/mol. The summed E-state index contributed by atoms with van der Waals surface area (Å²) in [5.74, 6) is -0.0804. The molecular formula is C28H23Cl3N2O4S2. The maximum absolute atomic E-state index is 13.0. The number of alkyl halides is 3. The lowest BCUT2D eigenvalue weighted by Crippen LogP contribution is -2.47. The Bertz CT molecular complexity index is 1380. The molecule has 0 saturated carbocycles. The van der Waals surface area contributed by atoms with E-state index in [2.05, 4.69) is 5.32 Å². The summed E-state index contributed by atoms with van der Waals surface area (Å²) in [5, 5.41) is 2.59. The van der Waals surface area contributed by atoms with Gasteiger partial charge in [0, 0.05) is 12.1 Å². The Hall–Kier alpha value is -2.75. The smallest absolute Gasteiger partial charge is 0.266 e. The fraction of sp³-hybridized carbons (Fsp3) is 0.179.